The number of fused-ring (bicyclic) bond motifs is 1. The van der Waals surface area contributed by atoms with Gasteiger partial charge < -0.3 is 19.8 Å². The minimum atomic E-state index is -0.838. The van der Waals surface area contributed by atoms with Crippen LogP contribution >= 0.6 is 11.6 Å². The lowest BCUT2D eigenvalue weighted by atomic mass is 9.71. The molecular weight excluding hydrogens is 507 g/mol. The topological polar surface area (TPSA) is 82.9 Å². The number of likely N-dealkylation sites (tertiary alicyclic amines) is 1. The Morgan fingerprint density at radius 2 is 1.92 bits per heavy atom. The Kier molecular flexibility index (Phi) is 9.58. The van der Waals surface area contributed by atoms with Gasteiger partial charge in [0.1, 0.15) is 11.6 Å². The summed E-state index contributed by atoms with van der Waals surface area (Å²) >= 11 is 6.48. The third-order valence-electron chi connectivity index (χ3n) is 7.90. The number of carboxylic acids is 1. The van der Waals surface area contributed by atoms with Crippen molar-refractivity contribution in [3.8, 4) is 5.75 Å². The molecule has 1 aromatic heterocycles. The molecule has 1 atom stereocenters. The van der Waals surface area contributed by atoms with Gasteiger partial charge in [0, 0.05) is 17.1 Å². The zero-order chi connectivity index (χ0) is 27.1. The van der Waals surface area contributed by atoms with Crippen molar-refractivity contribution < 1.29 is 24.1 Å². The van der Waals surface area contributed by atoms with Gasteiger partial charge >= 0.3 is 5.97 Å². The van der Waals surface area contributed by atoms with Crippen molar-refractivity contribution >= 4 is 28.5 Å². The number of hydrogen-bond acceptors (Lipinski definition) is 5. The maximum atomic E-state index is 13.1. The summed E-state index contributed by atoms with van der Waals surface area (Å²) in [6.45, 7) is 2.65. The number of unbranched alkanes of at least 4 members (excludes halogenated alkanes) is 1. The molecule has 2 aromatic carbocycles. The first-order valence-corrected chi connectivity index (χ1v) is 13.7. The van der Waals surface area contributed by atoms with Crippen molar-refractivity contribution in [1.29, 1.82) is 0 Å². The van der Waals surface area contributed by atoms with E-state index in [0.717, 1.165) is 68.2 Å². The summed E-state index contributed by atoms with van der Waals surface area (Å²) in [6.07, 6.45) is 6.38. The maximum Gasteiger partial charge on any atom is 0.303 e. The second kappa shape index (κ2) is 12.9. The SMILES string of the molecule is COc1ccc2ncc(Cl)c([C@H](O)CCC3(CC(=O)O)CCN(CCCCc4ccc(F)cc4)CC3)c2c1. The monoisotopic (exact) mass is 542 g/mol. The summed E-state index contributed by atoms with van der Waals surface area (Å²) < 4.78 is 18.4. The highest BCUT2D eigenvalue weighted by atomic mass is 35.5. The zero-order valence-corrected chi connectivity index (χ0v) is 22.6. The number of nitrogens with zero attached hydrogens (tertiary/aromatic N) is 2. The number of aliphatic hydroxyl groups excluding tert-OH is 1. The molecule has 4 rings (SSSR count). The Bertz CT molecular complexity index is 1230. The minimum absolute atomic E-state index is 0.0940. The van der Waals surface area contributed by atoms with Gasteiger partial charge in [-0.3, -0.25) is 9.78 Å². The van der Waals surface area contributed by atoms with Crippen molar-refractivity contribution in [3.05, 3.63) is 70.6 Å². The molecule has 0 aliphatic carbocycles. The highest BCUT2D eigenvalue weighted by Crippen LogP contribution is 2.43. The summed E-state index contributed by atoms with van der Waals surface area (Å²) in [7, 11) is 1.59. The number of halogens is 2. The van der Waals surface area contributed by atoms with Crippen LogP contribution in [-0.2, 0) is 11.2 Å². The highest BCUT2D eigenvalue weighted by Gasteiger charge is 2.37. The van der Waals surface area contributed by atoms with Gasteiger partial charge in [-0.25, -0.2) is 4.39 Å². The predicted octanol–water partition coefficient (Wildman–Crippen LogP) is 6.43. The molecule has 0 radical (unpaired) electrons. The van der Waals surface area contributed by atoms with Gasteiger partial charge in [0.2, 0.25) is 0 Å². The van der Waals surface area contributed by atoms with E-state index >= 15 is 0 Å². The normalized spacial score (nSPS) is 16.4. The van der Waals surface area contributed by atoms with Gasteiger partial charge in [0.15, 0.2) is 0 Å². The number of carboxylic acid groups (broad SMARTS) is 1. The number of aliphatic hydroxyl groups is 1. The lowest BCUT2D eigenvalue weighted by Crippen LogP contribution is -2.41. The number of ether oxygens (including phenoxy) is 1. The molecule has 0 unspecified atom stereocenters. The molecule has 1 aliphatic rings. The second-order valence-corrected chi connectivity index (χ2v) is 10.9. The number of rotatable bonds is 12. The largest absolute Gasteiger partial charge is 0.497 e. The Hall–Kier alpha value is -2.74. The number of piperidine rings is 1. The number of methoxy groups -OCH3 is 1. The van der Waals surface area contributed by atoms with E-state index in [4.69, 9.17) is 16.3 Å². The Labute approximate surface area is 228 Å². The zero-order valence-electron chi connectivity index (χ0n) is 21.8. The molecule has 2 heterocycles. The van der Waals surface area contributed by atoms with Crippen LogP contribution in [0.25, 0.3) is 10.9 Å². The lowest BCUT2D eigenvalue weighted by Gasteiger charge is -2.41. The molecule has 1 aliphatic heterocycles. The molecule has 0 bridgehead atoms. The standard InChI is InChI=1S/C30H36ClFN2O4/c1-38-23-9-10-26-24(18-23)29(25(31)20-33-26)27(35)11-12-30(19-28(36)37)13-16-34(17-14-30)15-3-2-4-21-5-7-22(32)8-6-21/h5-10,18,20,27,35H,2-4,11-17,19H2,1H3,(H,36,37)/t27-/m1/s1. The number of hydrogen-bond donors (Lipinski definition) is 2. The summed E-state index contributed by atoms with van der Waals surface area (Å²) in [6, 6.07) is 12.2. The van der Waals surface area contributed by atoms with E-state index in [0.29, 0.717) is 29.2 Å². The lowest BCUT2D eigenvalue weighted by molar-refractivity contribution is -0.141. The van der Waals surface area contributed by atoms with E-state index in [9.17, 15) is 19.4 Å². The highest BCUT2D eigenvalue weighted by molar-refractivity contribution is 6.32. The molecule has 1 saturated heterocycles. The molecule has 1 fully saturated rings. The molecule has 2 N–H and O–H groups in total. The summed E-state index contributed by atoms with van der Waals surface area (Å²) in [4.78, 5) is 18.6. The molecule has 6 nitrogen and oxygen atoms in total. The van der Waals surface area contributed by atoms with Crippen LogP contribution in [0.1, 0.15) is 62.2 Å². The number of benzene rings is 2. The Morgan fingerprint density at radius 3 is 2.61 bits per heavy atom. The van der Waals surface area contributed by atoms with Crippen molar-refractivity contribution in [2.24, 2.45) is 5.41 Å². The first-order valence-electron chi connectivity index (χ1n) is 13.3. The van der Waals surface area contributed by atoms with Crippen molar-refractivity contribution in [1.82, 2.24) is 9.88 Å². The molecule has 8 heteroatoms. The van der Waals surface area contributed by atoms with Gasteiger partial charge in [-0.2, -0.15) is 0 Å². The maximum absolute atomic E-state index is 13.1. The third-order valence-corrected chi connectivity index (χ3v) is 8.20. The number of pyridine rings is 1. The van der Waals surface area contributed by atoms with E-state index in [1.54, 1.807) is 13.3 Å². The van der Waals surface area contributed by atoms with Gasteiger partial charge in [-0.15, -0.1) is 0 Å². The van der Waals surface area contributed by atoms with E-state index in [-0.39, 0.29) is 17.7 Å². The van der Waals surface area contributed by atoms with Crippen molar-refractivity contribution in [3.63, 3.8) is 0 Å². The quantitative estimate of drug-likeness (QED) is 0.257. The molecular formula is C30H36ClFN2O4. The summed E-state index contributed by atoms with van der Waals surface area (Å²) in [5, 5.41) is 22.0. The molecule has 0 spiro atoms. The Morgan fingerprint density at radius 1 is 1.18 bits per heavy atom. The van der Waals surface area contributed by atoms with Crippen LogP contribution in [0.3, 0.4) is 0 Å². The fourth-order valence-corrected chi connectivity index (χ4v) is 5.90. The molecule has 0 saturated carbocycles. The number of aryl methyl sites for hydroxylation is 1. The average molecular weight is 543 g/mol. The van der Waals surface area contributed by atoms with E-state index in [2.05, 4.69) is 9.88 Å². The van der Waals surface area contributed by atoms with Crippen LogP contribution in [0.5, 0.6) is 5.75 Å². The average Bonchev–Trinajstić information content (AvgIpc) is 2.91. The molecule has 204 valence electrons. The van der Waals surface area contributed by atoms with Crippen molar-refractivity contribution in [2.75, 3.05) is 26.7 Å². The fourth-order valence-electron chi connectivity index (χ4n) is 5.62. The molecule has 38 heavy (non-hydrogen) atoms. The molecule has 0 amide bonds. The first kappa shape index (κ1) is 28.3. The summed E-state index contributed by atoms with van der Waals surface area (Å²) in [5.41, 5.74) is 2.12. The van der Waals surface area contributed by atoms with Crippen LogP contribution in [0.2, 0.25) is 5.02 Å². The van der Waals surface area contributed by atoms with E-state index in [1.165, 1.54) is 12.1 Å². The third kappa shape index (κ3) is 7.22. The minimum Gasteiger partial charge on any atom is -0.497 e. The predicted molar refractivity (Wildman–Crippen MR) is 147 cm³/mol. The molecule has 3 aromatic rings. The second-order valence-electron chi connectivity index (χ2n) is 10.5. The first-order chi connectivity index (χ1) is 18.3. The van der Waals surface area contributed by atoms with E-state index < -0.39 is 12.1 Å². The van der Waals surface area contributed by atoms with Gasteiger partial charge in [-0.1, -0.05) is 23.7 Å². The van der Waals surface area contributed by atoms with Gasteiger partial charge in [-0.05, 0) is 106 Å². The number of carbonyl (C=O) groups is 1. The van der Waals surface area contributed by atoms with Crippen LogP contribution in [0, 0.1) is 11.2 Å². The summed E-state index contributed by atoms with van der Waals surface area (Å²) in [5.74, 6) is -0.358. The number of aliphatic carboxylic acids is 1. The van der Waals surface area contributed by atoms with Crippen LogP contribution in [0.15, 0.2) is 48.7 Å². The van der Waals surface area contributed by atoms with Crippen LogP contribution in [-0.4, -0.2) is 52.8 Å². The fraction of sp³-hybridized carbons (Fsp3) is 0.467. The Balaban J connectivity index is 1.34. The van der Waals surface area contributed by atoms with E-state index in [1.807, 2.05) is 30.3 Å². The van der Waals surface area contributed by atoms with Crippen molar-refractivity contribution in [2.45, 2.75) is 57.5 Å². The van der Waals surface area contributed by atoms with Crippen LogP contribution in [0.4, 0.5) is 4.39 Å². The van der Waals surface area contributed by atoms with Gasteiger partial charge in [0.25, 0.3) is 0 Å². The smallest absolute Gasteiger partial charge is 0.303 e. The van der Waals surface area contributed by atoms with Crippen LogP contribution < -0.4 is 4.74 Å². The number of aromatic nitrogens is 1. The van der Waals surface area contributed by atoms with Gasteiger partial charge in [0.05, 0.1) is 30.2 Å².